The van der Waals surface area contributed by atoms with Crippen molar-refractivity contribution >= 4 is 23.2 Å². The molecule has 0 aliphatic heterocycles. The van der Waals surface area contributed by atoms with E-state index in [2.05, 4.69) is 5.32 Å². The summed E-state index contributed by atoms with van der Waals surface area (Å²) in [7, 11) is 0. The van der Waals surface area contributed by atoms with Gasteiger partial charge in [-0.25, -0.2) is 0 Å². The zero-order valence-corrected chi connectivity index (χ0v) is 12.1. The Hall–Kier alpha value is -1.74. The van der Waals surface area contributed by atoms with Crippen LogP contribution in [-0.4, -0.2) is 10.5 Å². The van der Waals surface area contributed by atoms with E-state index >= 15 is 0 Å². The summed E-state index contributed by atoms with van der Waals surface area (Å²) in [4.78, 5) is 12.1. The van der Waals surface area contributed by atoms with E-state index < -0.39 is 0 Å². The van der Waals surface area contributed by atoms with Gasteiger partial charge in [0, 0.05) is 22.1 Å². The van der Waals surface area contributed by atoms with Crippen molar-refractivity contribution in [1.82, 2.24) is 4.57 Å². The number of carbonyl (C=O) groups is 1. The Kier molecular flexibility index (Phi) is 3.96. The molecule has 1 aromatic carbocycles. The second kappa shape index (κ2) is 5.49. The summed E-state index contributed by atoms with van der Waals surface area (Å²) in [6.07, 6.45) is 0. The molecule has 0 aliphatic carbocycles. The van der Waals surface area contributed by atoms with Crippen molar-refractivity contribution in [3.8, 4) is 0 Å². The first-order valence-corrected chi connectivity index (χ1v) is 6.54. The topological polar surface area (TPSA) is 34.0 Å². The van der Waals surface area contributed by atoms with Gasteiger partial charge in [-0.3, -0.25) is 4.79 Å². The number of hydrogen-bond donors (Lipinski definition) is 1. The van der Waals surface area contributed by atoms with Crippen LogP contribution in [0.4, 0.5) is 5.69 Å². The average molecular weight is 277 g/mol. The van der Waals surface area contributed by atoms with Gasteiger partial charge in [0.2, 0.25) is 5.91 Å². The monoisotopic (exact) mass is 276 g/mol. The van der Waals surface area contributed by atoms with Gasteiger partial charge in [0.15, 0.2) is 0 Å². The standard InChI is InChI=1S/C15H17ClN2O/c1-10-7-8-11(2)18(10)9-15(19)17-14-6-4-5-13(16)12(14)3/h4-8H,9H2,1-3H3,(H,17,19). The molecule has 1 heterocycles. The van der Waals surface area contributed by atoms with Crippen molar-refractivity contribution in [1.29, 1.82) is 0 Å². The average Bonchev–Trinajstić information content (AvgIpc) is 2.67. The molecule has 0 fully saturated rings. The van der Waals surface area contributed by atoms with Crippen molar-refractivity contribution in [3.05, 3.63) is 52.3 Å². The first-order chi connectivity index (χ1) is 8.99. The van der Waals surface area contributed by atoms with E-state index in [4.69, 9.17) is 11.6 Å². The van der Waals surface area contributed by atoms with Crippen LogP contribution in [0.1, 0.15) is 17.0 Å². The van der Waals surface area contributed by atoms with Crippen molar-refractivity contribution < 1.29 is 4.79 Å². The SMILES string of the molecule is Cc1c(Cl)cccc1NC(=O)Cn1c(C)ccc1C. The lowest BCUT2D eigenvalue weighted by atomic mass is 10.2. The summed E-state index contributed by atoms with van der Waals surface area (Å²) in [6, 6.07) is 9.51. The van der Waals surface area contributed by atoms with Gasteiger partial charge in [0.25, 0.3) is 0 Å². The molecule has 1 aromatic heterocycles. The van der Waals surface area contributed by atoms with E-state index in [1.54, 1.807) is 0 Å². The number of anilines is 1. The molecule has 19 heavy (non-hydrogen) atoms. The Labute approximate surface area is 118 Å². The Bertz CT molecular complexity index is 597. The van der Waals surface area contributed by atoms with Gasteiger partial charge in [-0.2, -0.15) is 0 Å². The summed E-state index contributed by atoms with van der Waals surface area (Å²) in [5.74, 6) is -0.0484. The van der Waals surface area contributed by atoms with Crippen LogP contribution in [-0.2, 0) is 11.3 Å². The van der Waals surface area contributed by atoms with E-state index in [0.29, 0.717) is 11.6 Å². The van der Waals surface area contributed by atoms with Crippen LogP contribution < -0.4 is 5.32 Å². The highest BCUT2D eigenvalue weighted by atomic mass is 35.5. The van der Waals surface area contributed by atoms with E-state index in [1.807, 2.05) is 55.7 Å². The van der Waals surface area contributed by atoms with Crippen LogP contribution in [0.15, 0.2) is 30.3 Å². The maximum absolute atomic E-state index is 12.1. The summed E-state index contributed by atoms with van der Waals surface area (Å²) < 4.78 is 1.98. The molecule has 0 aliphatic rings. The molecule has 0 atom stereocenters. The van der Waals surface area contributed by atoms with Gasteiger partial charge >= 0.3 is 0 Å². The van der Waals surface area contributed by atoms with E-state index in [9.17, 15) is 4.79 Å². The van der Waals surface area contributed by atoms with Crippen LogP contribution in [0.25, 0.3) is 0 Å². The fraction of sp³-hybridized carbons (Fsp3) is 0.267. The first-order valence-electron chi connectivity index (χ1n) is 6.16. The molecule has 4 heteroatoms. The van der Waals surface area contributed by atoms with Gasteiger partial charge in [0.1, 0.15) is 6.54 Å². The Balaban J connectivity index is 2.12. The van der Waals surface area contributed by atoms with E-state index in [0.717, 1.165) is 22.6 Å². The van der Waals surface area contributed by atoms with Gasteiger partial charge in [-0.05, 0) is 50.6 Å². The minimum absolute atomic E-state index is 0.0484. The van der Waals surface area contributed by atoms with Crippen LogP contribution in [0.5, 0.6) is 0 Å². The lowest BCUT2D eigenvalue weighted by molar-refractivity contribution is -0.116. The fourth-order valence-corrected chi connectivity index (χ4v) is 2.20. The minimum Gasteiger partial charge on any atom is -0.340 e. The molecule has 2 rings (SSSR count). The summed E-state index contributed by atoms with van der Waals surface area (Å²) in [5.41, 5.74) is 3.81. The predicted molar refractivity (Wildman–Crippen MR) is 78.7 cm³/mol. The number of nitrogens with zero attached hydrogens (tertiary/aromatic N) is 1. The smallest absolute Gasteiger partial charge is 0.244 e. The number of nitrogens with one attached hydrogen (secondary N) is 1. The third-order valence-electron chi connectivity index (χ3n) is 3.26. The normalized spacial score (nSPS) is 10.5. The predicted octanol–water partition coefficient (Wildman–Crippen LogP) is 3.71. The second-order valence-electron chi connectivity index (χ2n) is 4.66. The lowest BCUT2D eigenvalue weighted by Crippen LogP contribution is -2.20. The molecule has 0 bridgehead atoms. The van der Waals surface area contributed by atoms with E-state index in [1.165, 1.54) is 0 Å². The molecule has 1 amide bonds. The van der Waals surface area contributed by atoms with Gasteiger partial charge in [0.05, 0.1) is 0 Å². The Morgan fingerprint density at radius 2 is 1.79 bits per heavy atom. The summed E-state index contributed by atoms with van der Waals surface area (Å²) in [6.45, 7) is 6.19. The molecular weight excluding hydrogens is 260 g/mol. The number of amides is 1. The van der Waals surface area contributed by atoms with Crippen LogP contribution >= 0.6 is 11.6 Å². The third-order valence-corrected chi connectivity index (χ3v) is 3.67. The maximum Gasteiger partial charge on any atom is 0.244 e. The molecule has 0 saturated carbocycles. The zero-order valence-electron chi connectivity index (χ0n) is 11.3. The Morgan fingerprint density at radius 1 is 1.16 bits per heavy atom. The number of halogens is 1. The molecule has 0 radical (unpaired) electrons. The van der Waals surface area contributed by atoms with Crippen molar-refractivity contribution in [3.63, 3.8) is 0 Å². The maximum atomic E-state index is 12.1. The third kappa shape index (κ3) is 2.99. The largest absolute Gasteiger partial charge is 0.340 e. The van der Waals surface area contributed by atoms with Crippen molar-refractivity contribution in [2.75, 3.05) is 5.32 Å². The summed E-state index contributed by atoms with van der Waals surface area (Å²) >= 11 is 6.03. The number of benzene rings is 1. The zero-order chi connectivity index (χ0) is 14.0. The molecular formula is C15H17ClN2O. The van der Waals surface area contributed by atoms with Gasteiger partial charge in [-0.1, -0.05) is 17.7 Å². The van der Waals surface area contributed by atoms with Crippen LogP contribution in [0.2, 0.25) is 5.02 Å². The second-order valence-corrected chi connectivity index (χ2v) is 5.07. The lowest BCUT2D eigenvalue weighted by Gasteiger charge is -2.12. The molecule has 0 unspecified atom stereocenters. The highest BCUT2D eigenvalue weighted by Gasteiger charge is 2.09. The molecule has 0 saturated heterocycles. The highest BCUT2D eigenvalue weighted by molar-refractivity contribution is 6.31. The molecule has 100 valence electrons. The molecule has 1 N–H and O–H groups in total. The molecule has 0 spiro atoms. The van der Waals surface area contributed by atoms with Crippen molar-refractivity contribution in [2.24, 2.45) is 0 Å². The minimum atomic E-state index is -0.0484. The van der Waals surface area contributed by atoms with Crippen LogP contribution in [0, 0.1) is 20.8 Å². The van der Waals surface area contributed by atoms with Gasteiger partial charge in [-0.15, -0.1) is 0 Å². The van der Waals surface area contributed by atoms with Crippen molar-refractivity contribution in [2.45, 2.75) is 27.3 Å². The molecule has 2 aromatic rings. The highest BCUT2D eigenvalue weighted by Crippen LogP contribution is 2.23. The molecule has 3 nitrogen and oxygen atoms in total. The quantitative estimate of drug-likeness (QED) is 0.911. The fourth-order valence-electron chi connectivity index (χ4n) is 2.02. The van der Waals surface area contributed by atoms with Crippen LogP contribution in [0.3, 0.4) is 0 Å². The number of hydrogen-bond acceptors (Lipinski definition) is 1. The summed E-state index contributed by atoms with van der Waals surface area (Å²) in [5, 5.41) is 3.56. The van der Waals surface area contributed by atoms with E-state index in [-0.39, 0.29) is 5.91 Å². The number of aromatic nitrogens is 1. The number of carbonyl (C=O) groups excluding carboxylic acids is 1. The number of aryl methyl sites for hydroxylation is 2. The van der Waals surface area contributed by atoms with Gasteiger partial charge < -0.3 is 9.88 Å². The first kappa shape index (κ1) is 13.7. The number of rotatable bonds is 3. The Morgan fingerprint density at radius 3 is 2.42 bits per heavy atom.